The fraction of sp³-hybridized carbons (Fsp3) is 0.474. The minimum absolute atomic E-state index is 0.0480. The lowest BCUT2D eigenvalue weighted by atomic mass is 10.1. The predicted molar refractivity (Wildman–Crippen MR) is 97.1 cm³/mol. The summed E-state index contributed by atoms with van der Waals surface area (Å²) in [5.41, 5.74) is 9.69. The molecule has 0 spiro atoms. The molecule has 1 atom stereocenters. The summed E-state index contributed by atoms with van der Waals surface area (Å²) in [6.45, 7) is 7.36. The number of carbonyl (C=O) groups excluding carboxylic acids is 1. The number of nitrogens with zero attached hydrogens (tertiary/aromatic N) is 2. The van der Waals surface area contributed by atoms with Crippen LogP contribution < -0.4 is 11.1 Å². The topological polar surface area (TPSA) is 72.9 Å². The number of nitrogens with two attached hydrogens (primary N) is 1. The second-order valence-corrected chi connectivity index (χ2v) is 6.33. The van der Waals surface area contributed by atoms with E-state index in [1.807, 2.05) is 42.8 Å². The number of hydrogen-bond donors (Lipinski definition) is 2. The van der Waals surface area contributed by atoms with E-state index >= 15 is 0 Å². The maximum Gasteiger partial charge on any atom is 0.251 e. The summed E-state index contributed by atoms with van der Waals surface area (Å²) in [5, 5.41) is 7.48. The molecule has 1 aromatic carbocycles. The van der Waals surface area contributed by atoms with E-state index in [9.17, 15) is 4.79 Å². The molecular weight excluding hydrogens is 300 g/mol. The Hall–Kier alpha value is -2.14. The standard InChI is InChI=1S/C19H28N4O/c1-4-5-6-18(12-20)21-19(24)17-9-7-16(8-10-17)13-23-15(3)11-14(2)22-23/h7-11,18H,4-6,12-13,20H2,1-3H3,(H,21,24). The van der Waals surface area contributed by atoms with Crippen LogP contribution in [0.15, 0.2) is 30.3 Å². The summed E-state index contributed by atoms with van der Waals surface area (Å²) < 4.78 is 1.97. The molecule has 24 heavy (non-hydrogen) atoms. The summed E-state index contributed by atoms with van der Waals surface area (Å²) in [4.78, 5) is 12.3. The number of unbranched alkanes of at least 4 members (excludes halogenated alkanes) is 1. The molecule has 0 saturated carbocycles. The molecule has 1 amide bonds. The number of nitrogens with one attached hydrogen (secondary N) is 1. The van der Waals surface area contributed by atoms with Crippen molar-refractivity contribution in [2.24, 2.45) is 5.73 Å². The van der Waals surface area contributed by atoms with E-state index < -0.39 is 0 Å². The van der Waals surface area contributed by atoms with Crippen LogP contribution in [0.3, 0.4) is 0 Å². The number of aryl methyl sites for hydroxylation is 2. The monoisotopic (exact) mass is 328 g/mol. The molecule has 0 radical (unpaired) electrons. The number of carbonyl (C=O) groups is 1. The zero-order valence-electron chi connectivity index (χ0n) is 14.9. The molecule has 0 fully saturated rings. The van der Waals surface area contributed by atoms with Crippen LogP contribution in [0.1, 0.15) is 53.5 Å². The van der Waals surface area contributed by atoms with Crippen LogP contribution in [-0.2, 0) is 6.54 Å². The van der Waals surface area contributed by atoms with Gasteiger partial charge in [-0.1, -0.05) is 31.9 Å². The molecular formula is C19H28N4O. The Kier molecular flexibility index (Phi) is 6.55. The first kappa shape index (κ1) is 18.2. The van der Waals surface area contributed by atoms with Gasteiger partial charge in [-0.15, -0.1) is 0 Å². The smallest absolute Gasteiger partial charge is 0.251 e. The van der Waals surface area contributed by atoms with Gasteiger partial charge in [-0.3, -0.25) is 9.48 Å². The van der Waals surface area contributed by atoms with E-state index in [0.717, 1.165) is 36.2 Å². The third-order valence-corrected chi connectivity index (χ3v) is 4.18. The third kappa shape index (κ3) is 4.93. The highest BCUT2D eigenvalue weighted by Gasteiger charge is 2.12. The van der Waals surface area contributed by atoms with Gasteiger partial charge in [0.2, 0.25) is 0 Å². The normalized spacial score (nSPS) is 12.2. The number of aromatic nitrogens is 2. The first-order chi connectivity index (χ1) is 11.5. The zero-order valence-corrected chi connectivity index (χ0v) is 14.9. The SMILES string of the molecule is CCCCC(CN)NC(=O)c1ccc(Cn2nc(C)cc2C)cc1. The second kappa shape index (κ2) is 8.64. The van der Waals surface area contributed by atoms with Gasteiger partial charge in [0, 0.05) is 23.8 Å². The molecule has 1 aromatic heterocycles. The maximum absolute atomic E-state index is 12.3. The van der Waals surface area contributed by atoms with Crippen molar-refractivity contribution in [2.75, 3.05) is 6.54 Å². The fourth-order valence-electron chi connectivity index (χ4n) is 2.74. The highest BCUT2D eigenvalue weighted by molar-refractivity contribution is 5.94. The van der Waals surface area contributed by atoms with Crippen LogP contribution in [-0.4, -0.2) is 28.3 Å². The lowest BCUT2D eigenvalue weighted by Crippen LogP contribution is -2.40. The van der Waals surface area contributed by atoms with Crippen molar-refractivity contribution in [3.8, 4) is 0 Å². The Morgan fingerprint density at radius 3 is 2.54 bits per heavy atom. The Bertz CT molecular complexity index is 661. The summed E-state index contributed by atoms with van der Waals surface area (Å²) >= 11 is 0. The van der Waals surface area contributed by atoms with Crippen LogP contribution in [0.4, 0.5) is 0 Å². The molecule has 1 unspecified atom stereocenters. The maximum atomic E-state index is 12.3. The first-order valence-corrected chi connectivity index (χ1v) is 8.64. The fourth-order valence-corrected chi connectivity index (χ4v) is 2.74. The Labute approximate surface area is 144 Å². The van der Waals surface area contributed by atoms with E-state index in [1.54, 1.807) is 0 Å². The molecule has 0 aliphatic rings. The summed E-state index contributed by atoms with van der Waals surface area (Å²) in [5.74, 6) is -0.0563. The molecule has 1 heterocycles. The molecule has 0 saturated heterocycles. The van der Waals surface area contributed by atoms with Gasteiger partial charge in [-0.05, 0) is 44.0 Å². The van der Waals surface area contributed by atoms with Crippen molar-refractivity contribution in [2.45, 2.75) is 52.6 Å². The highest BCUT2D eigenvalue weighted by atomic mass is 16.1. The molecule has 5 heteroatoms. The molecule has 3 N–H and O–H groups in total. The minimum Gasteiger partial charge on any atom is -0.348 e. The number of hydrogen-bond acceptors (Lipinski definition) is 3. The molecule has 130 valence electrons. The van der Waals surface area contributed by atoms with E-state index in [0.29, 0.717) is 18.7 Å². The van der Waals surface area contributed by atoms with Crippen LogP contribution >= 0.6 is 0 Å². The van der Waals surface area contributed by atoms with Gasteiger partial charge in [0.15, 0.2) is 0 Å². The molecule has 0 aliphatic carbocycles. The van der Waals surface area contributed by atoms with E-state index in [-0.39, 0.29) is 11.9 Å². The summed E-state index contributed by atoms with van der Waals surface area (Å²) in [6, 6.07) is 9.80. The second-order valence-electron chi connectivity index (χ2n) is 6.33. The summed E-state index contributed by atoms with van der Waals surface area (Å²) in [6.07, 6.45) is 3.10. The van der Waals surface area contributed by atoms with Gasteiger partial charge in [-0.2, -0.15) is 5.10 Å². The van der Waals surface area contributed by atoms with Gasteiger partial charge in [0.05, 0.1) is 12.2 Å². The average Bonchev–Trinajstić information content (AvgIpc) is 2.89. The lowest BCUT2D eigenvalue weighted by Gasteiger charge is -2.16. The van der Waals surface area contributed by atoms with Crippen LogP contribution in [0, 0.1) is 13.8 Å². The Balaban J connectivity index is 1.98. The number of rotatable bonds is 8. The van der Waals surface area contributed by atoms with Gasteiger partial charge < -0.3 is 11.1 Å². The van der Waals surface area contributed by atoms with E-state index in [2.05, 4.69) is 23.4 Å². The predicted octanol–water partition coefficient (Wildman–Crippen LogP) is 2.80. The lowest BCUT2D eigenvalue weighted by molar-refractivity contribution is 0.0936. The van der Waals surface area contributed by atoms with Gasteiger partial charge >= 0.3 is 0 Å². The van der Waals surface area contributed by atoms with Crippen molar-refractivity contribution < 1.29 is 4.79 Å². The Morgan fingerprint density at radius 2 is 2.00 bits per heavy atom. The number of amides is 1. The van der Waals surface area contributed by atoms with Crippen LogP contribution in [0.5, 0.6) is 0 Å². The minimum atomic E-state index is -0.0563. The van der Waals surface area contributed by atoms with Crippen molar-refractivity contribution >= 4 is 5.91 Å². The van der Waals surface area contributed by atoms with Gasteiger partial charge in [-0.25, -0.2) is 0 Å². The van der Waals surface area contributed by atoms with Crippen molar-refractivity contribution in [3.05, 3.63) is 52.8 Å². The first-order valence-electron chi connectivity index (χ1n) is 8.64. The van der Waals surface area contributed by atoms with Gasteiger partial charge in [0.25, 0.3) is 5.91 Å². The zero-order chi connectivity index (χ0) is 17.5. The highest BCUT2D eigenvalue weighted by Crippen LogP contribution is 2.10. The average molecular weight is 328 g/mol. The molecule has 2 aromatic rings. The van der Waals surface area contributed by atoms with Crippen molar-refractivity contribution in [1.29, 1.82) is 0 Å². The van der Waals surface area contributed by atoms with Crippen LogP contribution in [0.2, 0.25) is 0 Å². The van der Waals surface area contributed by atoms with E-state index in [4.69, 9.17) is 5.73 Å². The van der Waals surface area contributed by atoms with Crippen molar-refractivity contribution in [3.63, 3.8) is 0 Å². The Morgan fingerprint density at radius 1 is 1.29 bits per heavy atom. The van der Waals surface area contributed by atoms with Crippen molar-refractivity contribution in [1.82, 2.24) is 15.1 Å². The molecule has 0 aliphatic heterocycles. The van der Waals surface area contributed by atoms with Crippen LogP contribution in [0.25, 0.3) is 0 Å². The third-order valence-electron chi connectivity index (χ3n) is 4.18. The molecule has 5 nitrogen and oxygen atoms in total. The van der Waals surface area contributed by atoms with E-state index in [1.165, 1.54) is 0 Å². The summed E-state index contributed by atoms with van der Waals surface area (Å²) in [7, 11) is 0. The van der Waals surface area contributed by atoms with Gasteiger partial charge in [0.1, 0.15) is 0 Å². The largest absolute Gasteiger partial charge is 0.348 e. The quantitative estimate of drug-likeness (QED) is 0.782. The molecule has 2 rings (SSSR count). The number of benzene rings is 1. The molecule has 0 bridgehead atoms.